The first-order chi connectivity index (χ1) is 12.7. The van der Waals surface area contributed by atoms with E-state index >= 15 is 0 Å². The zero-order valence-electron chi connectivity index (χ0n) is 13.6. The van der Waals surface area contributed by atoms with Crippen LogP contribution in [0.1, 0.15) is 0 Å². The van der Waals surface area contributed by atoms with Gasteiger partial charge in [0.05, 0.1) is 18.9 Å². The van der Waals surface area contributed by atoms with Crippen molar-refractivity contribution in [1.29, 1.82) is 0 Å². The number of tetrazole rings is 2. The van der Waals surface area contributed by atoms with Gasteiger partial charge >= 0.3 is 0 Å². The summed E-state index contributed by atoms with van der Waals surface area (Å²) in [6.07, 6.45) is 1.45. The van der Waals surface area contributed by atoms with Gasteiger partial charge in [0, 0.05) is 23.7 Å². The normalized spacial score (nSPS) is 14.6. The molecule has 0 bridgehead atoms. The molecule has 2 aromatic heterocycles. The Morgan fingerprint density at radius 2 is 2.08 bits per heavy atom. The van der Waals surface area contributed by atoms with Crippen LogP contribution in [-0.4, -0.2) is 77.5 Å². The van der Waals surface area contributed by atoms with E-state index in [1.165, 1.54) is 15.8 Å². The van der Waals surface area contributed by atoms with Crippen LogP contribution in [0.4, 0.5) is 0 Å². The largest absolute Gasteiger partial charge is 0.378 e. The van der Waals surface area contributed by atoms with Gasteiger partial charge in [-0.1, -0.05) is 11.6 Å². The molecular formula is C14H14ClN9O2. The number of amides is 1. The number of ether oxygens (including phenoxy) is 1. The molecule has 4 rings (SSSR count). The van der Waals surface area contributed by atoms with E-state index in [0.29, 0.717) is 48.4 Å². The number of rotatable bonds is 4. The fourth-order valence-corrected chi connectivity index (χ4v) is 2.77. The summed E-state index contributed by atoms with van der Waals surface area (Å²) in [6, 6.07) is 5.17. The molecule has 3 heterocycles. The van der Waals surface area contributed by atoms with E-state index in [4.69, 9.17) is 16.3 Å². The average molecular weight is 376 g/mol. The van der Waals surface area contributed by atoms with Crippen LogP contribution < -0.4 is 0 Å². The summed E-state index contributed by atoms with van der Waals surface area (Å²) < 4.78 is 6.71. The maximum atomic E-state index is 12.3. The Morgan fingerprint density at radius 3 is 2.85 bits per heavy atom. The Bertz CT molecular complexity index is 905. The molecule has 0 saturated carbocycles. The van der Waals surface area contributed by atoms with E-state index in [1.54, 1.807) is 23.1 Å². The van der Waals surface area contributed by atoms with E-state index in [2.05, 4.69) is 30.9 Å². The molecule has 3 aromatic rings. The molecule has 1 amide bonds. The van der Waals surface area contributed by atoms with Gasteiger partial charge in [0.1, 0.15) is 12.9 Å². The minimum Gasteiger partial charge on any atom is -0.378 e. The van der Waals surface area contributed by atoms with Crippen molar-refractivity contribution in [1.82, 2.24) is 45.3 Å². The van der Waals surface area contributed by atoms with Crippen molar-refractivity contribution in [3.05, 3.63) is 29.5 Å². The van der Waals surface area contributed by atoms with Crippen molar-refractivity contribution in [3.8, 4) is 17.1 Å². The van der Waals surface area contributed by atoms with Crippen LogP contribution in [0, 0.1) is 0 Å². The summed E-state index contributed by atoms with van der Waals surface area (Å²) in [6.45, 7) is 2.24. The number of halogens is 1. The minimum absolute atomic E-state index is 0.0147. The lowest BCUT2D eigenvalue weighted by atomic mass is 10.1. The van der Waals surface area contributed by atoms with Gasteiger partial charge in [0.2, 0.25) is 11.7 Å². The van der Waals surface area contributed by atoms with E-state index in [0.717, 1.165) is 0 Å². The van der Waals surface area contributed by atoms with Crippen molar-refractivity contribution in [3.63, 3.8) is 0 Å². The van der Waals surface area contributed by atoms with Crippen LogP contribution >= 0.6 is 11.6 Å². The van der Waals surface area contributed by atoms with Crippen LogP contribution in [0.15, 0.2) is 24.5 Å². The second-order valence-electron chi connectivity index (χ2n) is 5.55. The Morgan fingerprint density at radius 1 is 1.23 bits per heavy atom. The summed E-state index contributed by atoms with van der Waals surface area (Å²) in [5.74, 6) is 0.274. The molecule has 0 radical (unpaired) electrons. The summed E-state index contributed by atoms with van der Waals surface area (Å²) >= 11 is 6.08. The third-order valence-electron chi connectivity index (χ3n) is 3.89. The molecule has 0 aliphatic carbocycles. The number of carbonyl (C=O) groups is 1. The highest BCUT2D eigenvalue weighted by Crippen LogP contribution is 2.26. The molecule has 0 N–H and O–H groups in total. The molecule has 0 spiro atoms. The number of morpholine rings is 1. The zero-order chi connectivity index (χ0) is 17.9. The van der Waals surface area contributed by atoms with Crippen LogP contribution in [0.25, 0.3) is 17.1 Å². The molecule has 26 heavy (non-hydrogen) atoms. The van der Waals surface area contributed by atoms with E-state index < -0.39 is 0 Å². The lowest BCUT2D eigenvalue weighted by Gasteiger charge is -2.26. The minimum atomic E-state index is -0.0749. The smallest absolute Gasteiger partial charge is 0.246 e. The van der Waals surface area contributed by atoms with Gasteiger partial charge in [-0.25, -0.2) is 0 Å². The van der Waals surface area contributed by atoms with Crippen molar-refractivity contribution in [2.45, 2.75) is 6.54 Å². The first-order valence-electron chi connectivity index (χ1n) is 7.87. The Balaban J connectivity index is 1.58. The van der Waals surface area contributed by atoms with E-state index in [9.17, 15) is 4.79 Å². The quantitative estimate of drug-likeness (QED) is 0.616. The second kappa shape index (κ2) is 7.14. The topological polar surface area (TPSA) is 117 Å². The molecule has 1 aromatic carbocycles. The standard InChI is InChI=1S/C14H14ClN9O2/c15-10-1-2-11(12(7-10)23-9-16-19-21-23)14-17-20-24(18-14)8-13(25)22-3-5-26-6-4-22/h1-2,7,9H,3-6,8H2. The maximum absolute atomic E-state index is 12.3. The predicted octanol–water partition coefficient (Wildman–Crippen LogP) is -0.172. The molecule has 1 aliphatic heterocycles. The molecular weight excluding hydrogens is 362 g/mol. The molecule has 12 heteroatoms. The van der Waals surface area contributed by atoms with Crippen LogP contribution in [-0.2, 0) is 16.1 Å². The number of hydrogen-bond donors (Lipinski definition) is 0. The Hall–Kier alpha value is -2.92. The van der Waals surface area contributed by atoms with Gasteiger partial charge in [-0.15, -0.1) is 15.3 Å². The zero-order valence-corrected chi connectivity index (χ0v) is 14.3. The number of benzene rings is 1. The predicted molar refractivity (Wildman–Crippen MR) is 88.4 cm³/mol. The fourth-order valence-electron chi connectivity index (χ4n) is 2.61. The third kappa shape index (κ3) is 3.39. The highest BCUT2D eigenvalue weighted by atomic mass is 35.5. The molecule has 1 aliphatic rings. The van der Waals surface area contributed by atoms with Crippen LogP contribution in [0.5, 0.6) is 0 Å². The molecule has 1 fully saturated rings. The third-order valence-corrected chi connectivity index (χ3v) is 4.12. The van der Waals surface area contributed by atoms with Crippen molar-refractivity contribution < 1.29 is 9.53 Å². The van der Waals surface area contributed by atoms with Crippen molar-refractivity contribution in [2.75, 3.05) is 26.3 Å². The SMILES string of the molecule is O=C(Cn1nnc(-c2ccc(Cl)cc2-n2cnnn2)n1)N1CCOCC1. The van der Waals surface area contributed by atoms with Crippen molar-refractivity contribution in [2.24, 2.45) is 0 Å². The summed E-state index contributed by atoms with van der Waals surface area (Å²) in [7, 11) is 0. The molecule has 1 saturated heterocycles. The van der Waals surface area contributed by atoms with Crippen LogP contribution in [0.3, 0.4) is 0 Å². The van der Waals surface area contributed by atoms with E-state index in [1.807, 2.05) is 0 Å². The van der Waals surface area contributed by atoms with E-state index in [-0.39, 0.29) is 12.5 Å². The molecule has 0 unspecified atom stereocenters. The lowest BCUT2D eigenvalue weighted by Crippen LogP contribution is -2.42. The van der Waals surface area contributed by atoms with Crippen molar-refractivity contribution >= 4 is 17.5 Å². The molecule has 11 nitrogen and oxygen atoms in total. The van der Waals surface area contributed by atoms with Gasteiger partial charge in [-0.2, -0.15) is 9.48 Å². The van der Waals surface area contributed by atoms with Gasteiger partial charge < -0.3 is 9.64 Å². The number of hydrogen-bond acceptors (Lipinski definition) is 8. The fraction of sp³-hybridized carbons (Fsp3) is 0.357. The number of carbonyl (C=O) groups excluding carboxylic acids is 1. The monoisotopic (exact) mass is 375 g/mol. The lowest BCUT2D eigenvalue weighted by molar-refractivity contribution is -0.136. The van der Waals surface area contributed by atoms with Gasteiger partial charge in [0.25, 0.3) is 0 Å². The van der Waals surface area contributed by atoms with Gasteiger partial charge in [-0.3, -0.25) is 4.79 Å². The number of nitrogens with zero attached hydrogens (tertiary/aromatic N) is 9. The maximum Gasteiger partial charge on any atom is 0.246 e. The highest BCUT2D eigenvalue weighted by molar-refractivity contribution is 6.30. The van der Waals surface area contributed by atoms with Gasteiger partial charge in [-0.05, 0) is 33.8 Å². The average Bonchev–Trinajstić information content (AvgIpc) is 3.34. The molecule has 134 valence electrons. The first kappa shape index (κ1) is 16.5. The number of aromatic nitrogens is 8. The Kier molecular flexibility index (Phi) is 4.54. The van der Waals surface area contributed by atoms with Crippen LogP contribution in [0.2, 0.25) is 5.02 Å². The summed E-state index contributed by atoms with van der Waals surface area (Å²) in [5.41, 5.74) is 1.26. The summed E-state index contributed by atoms with van der Waals surface area (Å²) in [5, 5.41) is 24.0. The molecule has 0 atom stereocenters. The second-order valence-corrected chi connectivity index (χ2v) is 5.99. The Labute approximate surface area is 152 Å². The van der Waals surface area contributed by atoms with Gasteiger partial charge in [0.15, 0.2) is 0 Å². The summed E-state index contributed by atoms with van der Waals surface area (Å²) in [4.78, 5) is 15.3. The first-order valence-corrected chi connectivity index (χ1v) is 8.25. The highest BCUT2D eigenvalue weighted by Gasteiger charge is 2.19.